The molecule has 0 unspecified atom stereocenters. The molecular formula is C21H22N4O3S. The Balaban J connectivity index is 1.20. The zero-order chi connectivity index (χ0) is 19.8. The summed E-state index contributed by atoms with van der Waals surface area (Å²) in [7, 11) is 0. The molecule has 1 aromatic heterocycles. The summed E-state index contributed by atoms with van der Waals surface area (Å²) in [5.41, 5.74) is 2.48. The fraction of sp³-hybridized carbons (Fsp3) is 0.429. The maximum absolute atomic E-state index is 12.6. The number of ether oxygens (including phenoxy) is 1. The van der Waals surface area contributed by atoms with Gasteiger partial charge in [0.1, 0.15) is 6.10 Å². The van der Waals surface area contributed by atoms with Crippen LogP contribution in [0.5, 0.6) is 0 Å². The van der Waals surface area contributed by atoms with Crippen LogP contribution >= 0.6 is 11.8 Å². The first kappa shape index (κ1) is 18.4. The van der Waals surface area contributed by atoms with Gasteiger partial charge in [0.15, 0.2) is 5.16 Å². The molecule has 1 aliphatic carbocycles. The summed E-state index contributed by atoms with van der Waals surface area (Å²) in [5.74, 6) is 0.424. The lowest BCUT2D eigenvalue weighted by atomic mass is 9.99. The molecule has 2 fully saturated rings. The van der Waals surface area contributed by atoms with Crippen molar-refractivity contribution >= 4 is 23.8 Å². The van der Waals surface area contributed by atoms with Crippen LogP contribution in [0.3, 0.4) is 0 Å². The molecule has 3 aliphatic rings. The maximum Gasteiger partial charge on any atom is 0.411 e. The molecule has 0 bridgehead atoms. The Morgan fingerprint density at radius 2 is 1.90 bits per heavy atom. The lowest BCUT2D eigenvalue weighted by Crippen LogP contribution is -2.48. The SMILES string of the molecule is O=C(CSc1ncccn1)N1CCC(N2C(=O)O[C@@H]3Cc4ccccc4[C@@H]32)CC1. The van der Waals surface area contributed by atoms with Crippen LogP contribution < -0.4 is 0 Å². The molecule has 8 heteroatoms. The lowest BCUT2D eigenvalue weighted by molar-refractivity contribution is -0.129. The second-order valence-electron chi connectivity index (χ2n) is 7.61. The molecule has 0 radical (unpaired) electrons. The van der Waals surface area contributed by atoms with Gasteiger partial charge in [-0.05, 0) is 30.0 Å². The third kappa shape index (κ3) is 3.46. The number of nitrogens with zero attached hydrogens (tertiary/aromatic N) is 4. The van der Waals surface area contributed by atoms with Gasteiger partial charge in [-0.15, -0.1) is 0 Å². The van der Waals surface area contributed by atoms with Gasteiger partial charge < -0.3 is 9.64 Å². The van der Waals surface area contributed by atoms with Crippen molar-refractivity contribution in [3.05, 3.63) is 53.9 Å². The first-order valence-electron chi connectivity index (χ1n) is 9.95. The van der Waals surface area contributed by atoms with Gasteiger partial charge in [-0.2, -0.15) is 0 Å². The van der Waals surface area contributed by atoms with E-state index in [0.717, 1.165) is 19.3 Å². The first-order valence-corrected chi connectivity index (χ1v) is 10.9. The molecule has 7 nitrogen and oxygen atoms in total. The number of carbonyl (C=O) groups is 2. The monoisotopic (exact) mass is 410 g/mol. The Bertz CT molecular complexity index is 917. The van der Waals surface area contributed by atoms with Crippen molar-refractivity contribution in [3.8, 4) is 0 Å². The van der Waals surface area contributed by atoms with Gasteiger partial charge in [0, 0.05) is 37.9 Å². The highest BCUT2D eigenvalue weighted by Crippen LogP contribution is 2.44. The van der Waals surface area contributed by atoms with Gasteiger partial charge >= 0.3 is 6.09 Å². The van der Waals surface area contributed by atoms with E-state index in [-0.39, 0.29) is 30.2 Å². The van der Waals surface area contributed by atoms with Crippen LogP contribution in [-0.4, -0.2) is 62.8 Å². The van der Waals surface area contributed by atoms with E-state index in [0.29, 0.717) is 24.0 Å². The molecule has 2 amide bonds. The quantitative estimate of drug-likeness (QED) is 0.570. The highest BCUT2D eigenvalue weighted by Gasteiger charge is 2.50. The topological polar surface area (TPSA) is 75.6 Å². The highest BCUT2D eigenvalue weighted by molar-refractivity contribution is 7.99. The molecule has 2 aliphatic heterocycles. The lowest BCUT2D eigenvalue weighted by Gasteiger charge is -2.37. The van der Waals surface area contributed by atoms with Crippen LogP contribution in [0.2, 0.25) is 0 Å². The minimum atomic E-state index is -0.212. The van der Waals surface area contributed by atoms with Crippen LogP contribution in [0.4, 0.5) is 4.79 Å². The summed E-state index contributed by atoms with van der Waals surface area (Å²) < 4.78 is 5.68. The van der Waals surface area contributed by atoms with Gasteiger partial charge in [-0.3, -0.25) is 9.69 Å². The first-order chi connectivity index (χ1) is 14.2. The van der Waals surface area contributed by atoms with E-state index < -0.39 is 0 Å². The van der Waals surface area contributed by atoms with E-state index in [2.05, 4.69) is 22.1 Å². The van der Waals surface area contributed by atoms with E-state index >= 15 is 0 Å². The van der Waals surface area contributed by atoms with Crippen LogP contribution in [0, 0.1) is 0 Å². The number of amides is 2. The van der Waals surface area contributed by atoms with Crippen LogP contribution in [-0.2, 0) is 16.0 Å². The average Bonchev–Trinajstić information content (AvgIpc) is 3.27. The average molecular weight is 410 g/mol. The molecule has 5 rings (SSSR count). The zero-order valence-electron chi connectivity index (χ0n) is 15.9. The largest absolute Gasteiger partial charge is 0.443 e. The molecule has 1 aromatic carbocycles. The van der Waals surface area contributed by atoms with Gasteiger partial charge in [-0.1, -0.05) is 36.0 Å². The van der Waals surface area contributed by atoms with Crippen molar-refractivity contribution in [2.45, 2.75) is 42.6 Å². The molecule has 3 heterocycles. The minimum Gasteiger partial charge on any atom is -0.443 e. The molecule has 2 aromatic rings. The van der Waals surface area contributed by atoms with Crippen molar-refractivity contribution in [2.75, 3.05) is 18.8 Å². The summed E-state index contributed by atoms with van der Waals surface area (Å²) in [4.78, 5) is 37.2. The Morgan fingerprint density at radius 1 is 1.14 bits per heavy atom. The van der Waals surface area contributed by atoms with Gasteiger partial charge in [0.05, 0.1) is 11.8 Å². The number of hydrogen-bond donors (Lipinski definition) is 0. The van der Waals surface area contributed by atoms with E-state index in [4.69, 9.17) is 4.74 Å². The molecular weight excluding hydrogens is 388 g/mol. The standard InChI is InChI=1S/C21H22N4O3S/c26-18(13-29-20-22-8-3-9-23-20)24-10-6-15(7-11-24)25-19-16-5-2-1-4-14(16)12-17(19)28-21(25)27/h1-5,8-9,15,17,19H,6-7,10-13H2/t17-,19+/m1/s1. The van der Waals surface area contributed by atoms with E-state index in [1.54, 1.807) is 18.5 Å². The number of hydrogen-bond acceptors (Lipinski definition) is 6. The van der Waals surface area contributed by atoms with Crippen molar-refractivity contribution in [2.24, 2.45) is 0 Å². The Hall–Kier alpha value is -2.61. The molecule has 2 atom stereocenters. The van der Waals surface area contributed by atoms with Gasteiger partial charge in [-0.25, -0.2) is 14.8 Å². The number of carbonyl (C=O) groups excluding carboxylic acids is 2. The smallest absolute Gasteiger partial charge is 0.411 e. The molecule has 150 valence electrons. The Morgan fingerprint density at radius 3 is 2.69 bits per heavy atom. The zero-order valence-corrected chi connectivity index (χ0v) is 16.8. The minimum absolute atomic E-state index is 0.0109. The fourth-order valence-corrected chi connectivity index (χ4v) is 5.33. The fourth-order valence-electron chi connectivity index (χ4n) is 4.62. The normalized spacial score (nSPS) is 23.7. The number of benzene rings is 1. The molecule has 2 saturated heterocycles. The van der Waals surface area contributed by atoms with Crippen LogP contribution in [0.1, 0.15) is 30.0 Å². The van der Waals surface area contributed by atoms with Gasteiger partial charge in [0.2, 0.25) is 5.91 Å². The predicted octanol–water partition coefficient (Wildman–Crippen LogP) is 2.68. The van der Waals surface area contributed by atoms with Crippen LogP contribution in [0.25, 0.3) is 0 Å². The molecule has 29 heavy (non-hydrogen) atoms. The van der Waals surface area contributed by atoms with Crippen molar-refractivity contribution in [1.29, 1.82) is 0 Å². The molecule has 0 saturated carbocycles. The summed E-state index contributed by atoms with van der Waals surface area (Å²) >= 11 is 1.36. The summed E-state index contributed by atoms with van der Waals surface area (Å²) in [6, 6.07) is 10.2. The summed E-state index contributed by atoms with van der Waals surface area (Å²) in [6.45, 7) is 1.31. The number of aromatic nitrogens is 2. The maximum atomic E-state index is 12.6. The third-order valence-corrected chi connectivity index (χ3v) is 6.85. The van der Waals surface area contributed by atoms with E-state index in [1.165, 1.54) is 22.9 Å². The Kier molecular flexibility index (Phi) is 4.87. The van der Waals surface area contributed by atoms with E-state index in [9.17, 15) is 9.59 Å². The second-order valence-corrected chi connectivity index (χ2v) is 8.55. The highest BCUT2D eigenvalue weighted by atomic mass is 32.2. The number of thioether (sulfide) groups is 1. The van der Waals surface area contributed by atoms with E-state index in [1.807, 2.05) is 21.9 Å². The van der Waals surface area contributed by atoms with Crippen molar-refractivity contribution in [3.63, 3.8) is 0 Å². The number of rotatable bonds is 4. The van der Waals surface area contributed by atoms with Crippen LogP contribution in [0.15, 0.2) is 47.9 Å². The number of piperidine rings is 1. The summed E-state index contributed by atoms with van der Waals surface area (Å²) in [5, 5.41) is 0.612. The Labute approximate surface area is 173 Å². The number of fused-ring (bicyclic) bond motifs is 3. The van der Waals surface area contributed by atoms with Gasteiger partial charge in [0.25, 0.3) is 0 Å². The van der Waals surface area contributed by atoms with Crippen molar-refractivity contribution < 1.29 is 14.3 Å². The second kappa shape index (κ2) is 7.67. The van der Waals surface area contributed by atoms with Crippen molar-refractivity contribution in [1.82, 2.24) is 19.8 Å². The summed E-state index contributed by atoms with van der Waals surface area (Å²) in [6.07, 6.45) is 5.40. The molecule has 0 N–H and O–H groups in total. The predicted molar refractivity (Wildman–Crippen MR) is 107 cm³/mol. The molecule has 0 spiro atoms. The number of likely N-dealkylation sites (tertiary alicyclic amines) is 1. The third-order valence-electron chi connectivity index (χ3n) is 5.99.